The Morgan fingerprint density at radius 1 is 1.08 bits per heavy atom. The first-order chi connectivity index (χ1) is 11.8. The van der Waals surface area contributed by atoms with E-state index in [-0.39, 0.29) is 18.5 Å². The van der Waals surface area contributed by atoms with Gasteiger partial charge in [-0.25, -0.2) is 9.37 Å². The fourth-order valence-corrected chi connectivity index (χ4v) is 3.37. The Morgan fingerprint density at radius 3 is 2.54 bits per heavy atom. The summed E-state index contributed by atoms with van der Waals surface area (Å²) in [4.78, 5) is 4.61. The summed E-state index contributed by atoms with van der Waals surface area (Å²) in [5.74, 6) is -0.244. The molecule has 0 saturated carbocycles. The van der Waals surface area contributed by atoms with Crippen LogP contribution >= 0.6 is 11.3 Å². The van der Waals surface area contributed by atoms with Crippen LogP contribution in [0.1, 0.15) is 23.7 Å². The van der Waals surface area contributed by atoms with Crippen molar-refractivity contribution in [1.82, 2.24) is 10.3 Å². The fourth-order valence-electron chi connectivity index (χ4n) is 2.54. The maximum absolute atomic E-state index is 13.0. The molecule has 1 atom stereocenters. The summed E-state index contributed by atoms with van der Waals surface area (Å²) >= 11 is 1.55. The normalized spacial score (nSPS) is 12.2. The number of thiazole rings is 1. The van der Waals surface area contributed by atoms with Crippen molar-refractivity contribution >= 4 is 11.3 Å². The van der Waals surface area contributed by atoms with Crippen LogP contribution in [0.15, 0.2) is 60.0 Å². The van der Waals surface area contributed by atoms with E-state index in [1.165, 1.54) is 12.1 Å². The van der Waals surface area contributed by atoms with Crippen molar-refractivity contribution in [3.63, 3.8) is 0 Å². The number of aromatic nitrogens is 1. The van der Waals surface area contributed by atoms with Crippen LogP contribution in [0, 0.1) is 5.82 Å². The van der Waals surface area contributed by atoms with Crippen molar-refractivity contribution in [3.8, 4) is 10.6 Å². The average molecular weight is 342 g/mol. The zero-order valence-electron chi connectivity index (χ0n) is 13.2. The predicted molar refractivity (Wildman–Crippen MR) is 95.2 cm³/mol. The Hall–Kier alpha value is -2.08. The molecule has 3 nitrogen and oxygen atoms in total. The number of aliphatic hydroxyl groups is 1. The molecule has 0 saturated heterocycles. The molecule has 2 N–H and O–H groups in total. The van der Waals surface area contributed by atoms with Gasteiger partial charge in [0.25, 0.3) is 0 Å². The van der Waals surface area contributed by atoms with Gasteiger partial charge >= 0.3 is 0 Å². The van der Waals surface area contributed by atoms with Gasteiger partial charge in [0.15, 0.2) is 0 Å². The molecule has 0 aliphatic rings. The molecule has 0 spiro atoms. The van der Waals surface area contributed by atoms with Crippen LogP contribution < -0.4 is 5.32 Å². The number of aliphatic hydroxyl groups excluding tert-OH is 1. The Bertz CT molecular complexity index is 759. The van der Waals surface area contributed by atoms with Gasteiger partial charge < -0.3 is 10.4 Å². The number of hydrogen-bond donors (Lipinski definition) is 2. The predicted octanol–water partition coefficient (Wildman–Crippen LogP) is 4.16. The van der Waals surface area contributed by atoms with Gasteiger partial charge in [0.05, 0.1) is 5.69 Å². The molecule has 0 amide bonds. The molecule has 1 heterocycles. The maximum Gasteiger partial charge on any atom is 0.123 e. The minimum absolute atomic E-state index is 0.0900. The first-order valence-corrected chi connectivity index (χ1v) is 8.74. The van der Waals surface area contributed by atoms with Gasteiger partial charge in [-0.3, -0.25) is 0 Å². The second-order valence-corrected chi connectivity index (χ2v) is 6.37. The largest absolute Gasteiger partial charge is 0.396 e. The molecule has 5 heteroatoms. The molecule has 24 heavy (non-hydrogen) atoms. The third-order valence-electron chi connectivity index (χ3n) is 3.79. The monoisotopic (exact) mass is 342 g/mol. The highest BCUT2D eigenvalue weighted by Gasteiger charge is 2.11. The molecule has 1 aromatic heterocycles. The van der Waals surface area contributed by atoms with Gasteiger partial charge in [0.2, 0.25) is 0 Å². The molecule has 3 rings (SSSR count). The smallest absolute Gasteiger partial charge is 0.123 e. The summed E-state index contributed by atoms with van der Waals surface area (Å²) in [6.07, 6.45) is 0.652. The molecule has 0 bridgehead atoms. The number of nitrogens with zero attached hydrogens (tertiary/aromatic N) is 1. The van der Waals surface area contributed by atoms with Crippen LogP contribution in [-0.2, 0) is 6.54 Å². The Kier molecular flexibility index (Phi) is 5.69. The van der Waals surface area contributed by atoms with E-state index in [9.17, 15) is 9.50 Å². The van der Waals surface area contributed by atoms with E-state index in [2.05, 4.69) is 22.4 Å². The summed E-state index contributed by atoms with van der Waals surface area (Å²) in [6.45, 7) is 0.752. The Labute approximate surface area is 144 Å². The van der Waals surface area contributed by atoms with Crippen LogP contribution in [0.4, 0.5) is 4.39 Å². The van der Waals surface area contributed by atoms with Crippen LogP contribution in [0.25, 0.3) is 10.6 Å². The summed E-state index contributed by atoms with van der Waals surface area (Å²) < 4.78 is 13.0. The highest BCUT2D eigenvalue weighted by Crippen LogP contribution is 2.24. The number of hydrogen-bond acceptors (Lipinski definition) is 4. The molecular formula is C19H19FN2OS. The van der Waals surface area contributed by atoms with Gasteiger partial charge in [-0.05, 0) is 36.2 Å². The molecule has 2 aromatic carbocycles. The molecule has 0 fully saturated rings. The summed E-state index contributed by atoms with van der Waals surface area (Å²) in [6, 6.07) is 16.5. The lowest BCUT2D eigenvalue weighted by atomic mass is 10.0. The fraction of sp³-hybridized carbons (Fsp3) is 0.211. The second-order valence-electron chi connectivity index (χ2n) is 5.51. The molecule has 124 valence electrons. The van der Waals surface area contributed by atoms with Crippen molar-refractivity contribution in [2.75, 3.05) is 6.61 Å². The maximum atomic E-state index is 13.0. The third kappa shape index (κ3) is 4.26. The van der Waals surface area contributed by atoms with Crippen LogP contribution in [0.3, 0.4) is 0 Å². The van der Waals surface area contributed by atoms with Crippen molar-refractivity contribution in [3.05, 3.63) is 77.1 Å². The standard InChI is InChI=1S/C19H19FN2OS/c20-16-8-6-15(7-9-16)19-22-17(13-24-19)12-21-18(10-11-23)14-4-2-1-3-5-14/h1-9,13,18,21,23H,10-12H2/t18-/m1/s1. The third-order valence-corrected chi connectivity index (χ3v) is 4.73. The van der Waals surface area contributed by atoms with Crippen molar-refractivity contribution < 1.29 is 9.50 Å². The first-order valence-electron chi connectivity index (χ1n) is 7.86. The lowest BCUT2D eigenvalue weighted by Crippen LogP contribution is -2.22. The second kappa shape index (κ2) is 8.15. The summed E-state index contributed by atoms with van der Waals surface area (Å²) in [7, 11) is 0. The highest BCUT2D eigenvalue weighted by molar-refractivity contribution is 7.13. The van der Waals surface area contributed by atoms with Crippen molar-refractivity contribution in [2.45, 2.75) is 19.0 Å². The van der Waals surface area contributed by atoms with Crippen molar-refractivity contribution in [2.24, 2.45) is 0 Å². The van der Waals surface area contributed by atoms with Crippen LogP contribution in [0.5, 0.6) is 0 Å². The van der Waals surface area contributed by atoms with Crippen LogP contribution in [-0.4, -0.2) is 16.7 Å². The number of nitrogens with one attached hydrogen (secondary N) is 1. The van der Waals surface area contributed by atoms with E-state index < -0.39 is 0 Å². The molecule has 0 aliphatic heterocycles. The molecule has 0 unspecified atom stereocenters. The SMILES string of the molecule is OCC[C@@H](NCc1csc(-c2ccc(F)cc2)n1)c1ccccc1. The van der Waals surface area contributed by atoms with Crippen LogP contribution in [0.2, 0.25) is 0 Å². The number of halogens is 1. The van der Waals surface area contributed by atoms with Crippen molar-refractivity contribution in [1.29, 1.82) is 0 Å². The minimum atomic E-state index is -0.244. The molecule has 0 aliphatic carbocycles. The molecule has 3 aromatic rings. The van der Waals surface area contributed by atoms with E-state index in [1.54, 1.807) is 23.5 Å². The minimum Gasteiger partial charge on any atom is -0.396 e. The average Bonchev–Trinajstić information content (AvgIpc) is 3.09. The van der Waals surface area contributed by atoms with E-state index in [0.29, 0.717) is 13.0 Å². The molecule has 0 radical (unpaired) electrons. The van der Waals surface area contributed by atoms with E-state index >= 15 is 0 Å². The van der Waals surface area contributed by atoms with Gasteiger partial charge in [-0.15, -0.1) is 11.3 Å². The lowest BCUT2D eigenvalue weighted by Gasteiger charge is -2.17. The van der Waals surface area contributed by atoms with Gasteiger partial charge in [-0.1, -0.05) is 30.3 Å². The summed E-state index contributed by atoms with van der Waals surface area (Å²) in [5.41, 5.74) is 3.02. The Morgan fingerprint density at radius 2 is 1.83 bits per heavy atom. The topological polar surface area (TPSA) is 45.1 Å². The van der Waals surface area contributed by atoms with E-state index in [4.69, 9.17) is 0 Å². The quantitative estimate of drug-likeness (QED) is 0.677. The number of rotatable bonds is 7. The lowest BCUT2D eigenvalue weighted by molar-refractivity contribution is 0.265. The Balaban J connectivity index is 1.66. The zero-order valence-corrected chi connectivity index (χ0v) is 14.0. The van der Waals surface area contributed by atoms with Gasteiger partial charge in [-0.2, -0.15) is 0 Å². The number of benzene rings is 2. The highest BCUT2D eigenvalue weighted by atomic mass is 32.1. The summed E-state index contributed by atoms with van der Waals surface area (Å²) in [5, 5.41) is 15.6. The van der Waals surface area contributed by atoms with E-state index in [1.807, 2.05) is 23.6 Å². The van der Waals surface area contributed by atoms with Gasteiger partial charge in [0, 0.05) is 30.1 Å². The van der Waals surface area contributed by atoms with E-state index in [0.717, 1.165) is 21.8 Å². The molecular weight excluding hydrogens is 323 g/mol. The first kappa shape index (κ1) is 16.8. The zero-order chi connectivity index (χ0) is 16.8. The van der Waals surface area contributed by atoms with Gasteiger partial charge in [0.1, 0.15) is 10.8 Å².